The van der Waals surface area contributed by atoms with Crippen LogP contribution in [0.2, 0.25) is 0 Å². The van der Waals surface area contributed by atoms with Gasteiger partial charge in [0.2, 0.25) is 0 Å². The lowest BCUT2D eigenvalue weighted by Gasteiger charge is -2.34. The van der Waals surface area contributed by atoms with E-state index in [0.29, 0.717) is 0 Å². The fourth-order valence-electron chi connectivity index (χ4n) is 3.70. The van der Waals surface area contributed by atoms with Crippen LogP contribution in [0.1, 0.15) is 78.1 Å². The molecule has 0 aromatic rings. The highest BCUT2D eigenvalue weighted by molar-refractivity contribution is 5.83. The van der Waals surface area contributed by atoms with Crippen molar-refractivity contribution in [1.82, 2.24) is 0 Å². The zero-order chi connectivity index (χ0) is 18.9. The summed E-state index contributed by atoms with van der Waals surface area (Å²) in [5, 5.41) is 0. The van der Waals surface area contributed by atoms with Gasteiger partial charge in [0.1, 0.15) is 0 Å². The van der Waals surface area contributed by atoms with Gasteiger partial charge in [-0.3, -0.25) is 0 Å². The van der Waals surface area contributed by atoms with Gasteiger partial charge in [-0.05, 0) is 65.2 Å². The molecular weight excluding hydrogens is 328 g/mol. The largest absolute Gasteiger partial charge is 0.443 e. The predicted octanol–water partition coefficient (Wildman–Crippen LogP) is 4.63. The quantitative estimate of drug-likeness (QED) is 0.417. The molecule has 0 bridgehead atoms. The van der Waals surface area contributed by atoms with Crippen molar-refractivity contribution in [1.29, 1.82) is 0 Å². The Morgan fingerprint density at radius 1 is 0.692 bits per heavy atom. The first-order valence-electron chi connectivity index (χ1n) is 9.79. The minimum atomic E-state index is -0.758. The van der Waals surface area contributed by atoms with E-state index in [2.05, 4.69) is 11.8 Å². The number of rotatable bonds is 4. The third-order valence-corrected chi connectivity index (χ3v) is 5.04. The summed E-state index contributed by atoms with van der Waals surface area (Å²) in [4.78, 5) is 24.1. The Kier molecular flexibility index (Phi) is 7.50. The van der Waals surface area contributed by atoms with Crippen LogP contribution in [0, 0.1) is 11.8 Å². The molecule has 0 amide bonds. The van der Waals surface area contributed by atoms with Crippen LogP contribution in [-0.4, -0.2) is 23.1 Å². The van der Waals surface area contributed by atoms with Gasteiger partial charge in [-0.1, -0.05) is 36.8 Å². The van der Waals surface area contributed by atoms with E-state index in [4.69, 9.17) is 9.47 Å². The highest BCUT2D eigenvalue weighted by atomic mass is 16.6. The first-order valence-corrected chi connectivity index (χ1v) is 9.79. The van der Waals surface area contributed by atoms with E-state index >= 15 is 0 Å². The lowest BCUT2D eigenvalue weighted by Crippen LogP contribution is -2.39. The summed E-state index contributed by atoms with van der Waals surface area (Å²) in [7, 11) is 0. The molecule has 26 heavy (non-hydrogen) atoms. The van der Waals surface area contributed by atoms with Crippen molar-refractivity contribution in [2.45, 2.75) is 89.3 Å². The first kappa shape index (κ1) is 20.3. The third-order valence-electron chi connectivity index (χ3n) is 5.04. The molecule has 2 aliphatic carbocycles. The van der Waals surface area contributed by atoms with Gasteiger partial charge >= 0.3 is 11.9 Å². The molecule has 0 aliphatic heterocycles. The van der Waals surface area contributed by atoms with Gasteiger partial charge in [0.25, 0.3) is 0 Å². The van der Waals surface area contributed by atoms with Crippen molar-refractivity contribution in [3.8, 4) is 11.8 Å². The van der Waals surface area contributed by atoms with Gasteiger partial charge < -0.3 is 9.47 Å². The summed E-state index contributed by atoms with van der Waals surface area (Å²) in [5.41, 5.74) is -1.52. The van der Waals surface area contributed by atoms with Crippen LogP contribution in [0.3, 0.4) is 0 Å². The molecule has 2 fully saturated rings. The van der Waals surface area contributed by atoms with Gasteiger partial charge in [-0.15, -0.1) is 0 Å². The summed E-state index contributed by atoms with van der Waals surface area (Å²) in [5.74, 6) is 5.80. The van der Waals surface area contributed by atoms with Crippen LogP contribution >= 0.6 is 0 Å². The Hall–Kier alpha value is -2.02. The molecule has 4 heteroatoms. The summed E-state index contributed by atoms with van der Waals surface area (Å²) in [6.45, 7) is 3.58. The summed E-state index contributed by atoms with van der Waals surface area (Å²) in [6.07, 6.45) is 15.4. The predicted molar refractivity (Wildman–Crippen MR) is 101 cm³/mol. The van der Waals surface area contributed by atoms with E-state index in [1.807, 2.05) is 0 Å². The maximum absolute atomic E-state index is 12.0. The molecule has 0 N–H and O–H groups in total. The molecule has 0 unspecified atom stereocenters. The van der Waals surface area contributed by atoms with Gasteiger partial charge in [0.15, 0.2) is 11.2 Å². The SMILES string of the molecule is C/C=C/C(=O)OC1(C#CC2(OC(=O)/C=C/C)CCCCC2)CCCCC1. The lowest BCUT2D eigenvalue weighted by molar-refractivity contribution is -0.152. The van der Waals surface area contributed by atoms with Gasteiger partial charge in [-0.25, -0.2) is 9.59 Å². The summed E-state index contributed by atoms with van der Waals surface area (Å²) >= 11 is 0. The Bertz CT molecular complexity index is 554. The van der Waals surface area contributed by atoms with E-state index in [9.17, 15) is 9.59 Å². The molecule has 0 radical (unpaired) electrons. The molecule has 2 rings (SSSR count). The van der Waals surface area contributed by atoms with Crippen molar-refractivity contribution >= 4 is 11.9 Å². The number of carbonyl (C=O) groups is 2. The molecular formula is C22H30O4. The number of hydrogen-bond acceptors (Lipinski definition) is 4. The normalized spacial score (nSPS) is 21.8. The Morgan fingerprint density at radius 3 is 1.35 bits per heavy atom. The molecule has 4 nitrogen and oxygen atoms in total. The zero-order valence-electron chi connectivity index (χ0n) is 16.0. The minimum absolute atomic E-state index is 0.354. The highest BCUT2D eigenvalue weighted by Crippen LogP contribution is 2.35. The van der Waals surface area contributed by atoms with Crippen molar-refractivity contribution < 1.29 is 19.1 Å². The molecule has 0 aromatic heterocycles. The van der Waals surface area contributed by atoms with E-state index < -0.39 is 11.2 Å². The number of esters is 2. The van der Waals surface area contributed by atoms with E-state index in [0.717, 1.165) is 64.2 Å². The van der Waals surface area contributed by atoms with E-state index in [1.54, 1.807) is 26.0 Å². The molecule has 0 spiro atoms. The van der Waals surface area contributed by atoms with Crippen molar-refractivity contribution in [3.05, 3.63) is 24.3 Å². The second kappa shape index (κ2) is 9.62. The van der Waals surface area contributed by atoms with E-state index in [-0.39, 0.29) is 11.9 Å². The van der Waals surface area contributed by atoms with Crippen LogP contribution in [-0.2, 0) is 19.1 Å². The lowest BCUT2D eigenvalue weighted by atomic mass is 9.81. The standard InChI is InChI=1S/C22H30O4/c1-3-11-19(23)25-21(13-7-5-8-14-21)17-18-22(15-9-6-10-16-22)26-20(24)12-4-2/h3-4,11-12H,5-10,13-16H2,1-2H3/b11-3+,12-4+. The first-order chi connectivity index (χ1) is 12.5. The topological polar surface area (TPSA) is 52.6 Å². The molecule has 2 saturated carbocycles. The smallest absolute Gasteiger partial charge is 0.331 e. The van der Waals surface area contributed by atoms with Crippen molar-refractivity contribution in [2.24, 2.45) is 0 Å². The monoisotopic (exact) mass is 358 g/mol. The van der Waals surface area contributed by atoms with Gasteiger partial charge in [0.05, 0.1) is 0 Å². The van der Waals surface area contributed by atoms with Gasteiger partial charge in [-0.2, -0.15) is 0 Å². The molecule has 0 saturated heterocycles. The molecule has 0 atom stereocenters. The van der Waals surface area contributed by atoms with Crippen LogP contribution in [0.5, 0.6) is 0 Å². The van der Waals surface area contributed by atoms with Crippen LogP contribution in [0.4, 0.5) is 0 Å². The fourth-order valence-corrected chi connectivity index (χ4v) is 3.70. The molecule has 0 aromatic carbocycles. The zero-order valence-corrected chi connectivity index (χ0v) is 16.0. The van der Waals surface area contributed by atoms with Gasteiger partial charge in [0, 0.05) is 12.2 Å². The second-order valence-corrected chi connectivity index (χ2v) is 7.20. The summed E-state index contributed by atoms with van der Waals surface area (Å²) < 4.78 is 11.5. The second-order valence-electron chi connectivity index (χ2n) is 7.20. The number of carbonyl (C=O) groups excluding carboxylic acids is 2. The van der Waals surface area contributed by atoms with Crippen molar-refractivity contribution in [3.63, 3.8) is 0 Å². The number of allylic oxidation sites excluding steroid dienone is 2. The fraction of sp³-hybridized carbons (Fsp3) is 0.636. The van der Waals surface area contributed by atoms with E-state index in [1.165, 1.54) is 12.2 Å². The Morgan fingerprint density at radius 2 is 1.04 bits per heavy atom. The number of hydrogen-bond donors (Lipinski definition) is 0. The summed E-state index contributed by atoms with van der Waals surface area (Å²) in [6, 6.07) is 0. The maximum Gasteiger partial charge on any atom is 0.331 e. The van der Waals surface area contributed by atoms with Crippen LogP contribution < -0.4 is 0 Å². The van der Waals surface area contributed by atoms with Crippen molar-refractivity contribution in [2.75, 3.05) is 0 Å². The maximum atomic E-state index is 12.0. The third kappa shape index (κ3) is 5.76. The van der Waals surface area contributed by atoms with Crippen LogP contribution in [0.15, 0.2) is 24.3 Å². The number of ether oxygens (including phenoxy) is 2. The van der Waals surface area contributed by atoms with Crippen LogP contribution in [0.25, 0.3) is 0 Å². The Balaban J connectivity index is 2.26. The average molecular weight is 358 g/mol. The molecule has 0 heterocycles. The average Bonchev–Trinajstić information content (AvgIpc) is 2.62. The molecule has 142 valence electrons. The minimum Gasteiger partial charge on any atom is -0.443 e. The highest BCUT2D eigenvalue weighted by Gasteiger charge is 2.37. The molecule has 2 aliphatic rings. The Labute approximate surface area is 157 Å².